The van der Waals surface area contributed by atoms with Crippen molar-refractivity contribution in [2.45, 2.75) is 37.6 Å². The summed E-state index contributed by atoms with van der Waals surface area (Å²) in [7, 11) is 5.99. The van der Waals surface area contributed by atoms with Crippen LogP contribution >= 0.6 is 11.8 Å². The largest absolute Gasteiger partial charge is 0.378 e. The van der Waals surface area contributed by atoms with Gasteiger partial charge in [-0.25, -0.2) is 0 Å². The van der Waals surface area contributed by atoms with E-state index in [4.69, 9.17) is 4.74 Å². The third-order valence-electron chi connectivity index (χ3n) is 6.06. The molecule has 1 fully saturated rings. The van der Waals surface area contributed by atoms with E-state index in [1.165, 1.54) is 17.3 Å². The summed E-state index contributed by atoms with van der Waals surface area (Å²) in [6.07, 6.45) is 2.16. The summed E-state index contributed by atoms with van der Waals surface area (Å²) in [5, 5.41) is 9.44. The van der Waals surface area contributed by atoms with Crippen LogP contribution in [-0.2, 0) is 23.1 Å². The molecule has 0 saturated carbocycles. The highest BCUT2D eigenvalue weighted by Gasteiger charge is 2.24. The van der Waals surface area contributed by atoms with Gasteiger partial charge in [0.2, 0.25) is 5.91 Å². The molecule has 1 aliphatic rings. The lowest BCUT2D eigenvalue weighted by molar-refractivity contribution is -0.130. The molecule has 4 rings (SSSR count). The molecule has 0 unspecified atom stereocenters. The smallest absolute Gasteiger partial charge is 0.233 e. The van der Waals surface area contributed by atoms with Crippen LogP contribution in [0, 0.1) is 6.92 Å². The number of benzene rings is 2. The highest BCUT2D eigenvalue weighted by atomic mass is 32.2. The second-order valence-corrected chi connectivity index (χ2v) is 9.94. The Labute approximate surface area is 206 Å². The lowest BCUT2D eigenvalue weighted by Crippen LogP contribution is -2.38. The summed E-state index contributed by atoms with van der Waals surface area (Å²) >= 11 is 1.43. The number of anilines is 1. The van der Waals surface area contributed by atoms with Crippen LogP contribution in [0.2, 0.25) is 0 Å². The third kappa shape index (κ3) is 5.98. The van der Waals surface area contributed by atoms with Crippen LogP contribution in [0.5, 0.6) is 0 Å². The molecule has 0 N–H and O–H groups in total. The number of ether oxygens (including phenoxy) is 1. The maximum atomic E-state index is 13.3. The van der Waals surface area contributed by atoms with E-state index in [-0.39, 0.29) is 12.0 Å². The second kappa shape index (κ2) is 11.1. The van der Waals surface area contributed by atoms with Crippen molar-refractivity contribution in [3.8, 4) is 11.4 Å². The second-order valence-electron chi connectivity index (χ2n) is 8.99. The quantitative estimate of drug-likeness (QED) is 0.430. The molecule has 180 valence electrons. The lowest BCUT2D eigenvalue weighted by Gasteiger charge is -2.26. The number of aromatic nitrogens is 3. The molecule has 1 aliphatic heterocycles. The van der Waals surface area contributed by atoms with Crippen LogP contribution in [0.3, 0.4) is 0 Å². The standard InChI is InChI=1S/C26H33N5O2S/c1-19-7-5-8-21(15-19)25-27-28-26(30(25)4)34-18-24(32)31(17-23-9-6-14-33-23)16-20-10-12-22(13-11-20)29(2)3/h5,7-8,10-13,15,23H,6,9,14,16-18H2,1-4H3/t23-/m0/s1. The van der Waals surface area contributed by atoms with Gasteiger partial charge in [-0.15, -0.1) is 10.2 Å². The summed E-state index contributed by atoms with van der Waals surface area (Å²) in [6, 6.07) is 16.6. The van der Waals surface area contributed by atoms with Gasteiger partial charge < -0.3 is 19.1 Å². The monoisotopic (exact) mass is 479 g/mol. The molecule has 0 radical (unpaired) electrons. The van der Waals surface area contributed by atoms with Gasteiger partial charge in [0.1, 0.15) is 0 Å². The fourth-order valence-corrected chi connectivity index (χ4v) is 4.92. The van der Waals surface area contributed by atoms with Crippen LogP contribution in [-0.4, -0.2) is 64.7 Å². The summed E-state index contributed by atoms with van der Waals surface area (Å²) in [5.41, 5.74) is 4.45. The summed E-state index contributed by atoms with van der Waals surface area (Å²) < 4.78 is 7.79. The zero-order valence-electron chi connectivity index (χ0n) is 20.4. The summed E-state index contributed by atoms with van der Waals surface area (Å²) in [5.74, 6) is 1.19. The third-order valence-corrected chi connectivity index (χ3v) is 7.07. The average molecular weight is 480 g/mol. The molecule has 2 aromatic carbocycles. The minimum atomic E-state index is 0.0808. The minimum Gasteiger partial charge on any atom is -0.378 e. The number of nitrogens with zero attached hydrogens (tertiary/aromatic N) is 5. The van der Waals surface area contributed by atoms with Crippen molar-refractivity contribution < 1.29 is 9.53 Å². The van der Waals surface area contributed by atoms with Crippen LogP contribution in [0.15, 0.2) is 53.7 Å². The number of amides is 1. The van der Waals surface area contributed by atoms with E-state index in [9.17, 15) is 4.79 Å². The van der Waals surface area contributed by atoms with Gasteiger partial charge in [0.05, 0.1) is 11.9 Å². The Bertz CT molecular complexity index is 1110. The zero-order chi connectivity index (χ0) is 24.1. The lowest BCUT2D eigenvalue weighted by atomic mass is 10.1. The van der Waals surface area contributed by atoms with Gasteiger partial charge in [0.15, 0.2) is 11.0 Å². The van der Waals surface area contributed by atoms with Crippen LogP contribution in [0.25, 0.3) is 11.4 Å². The highest BCUT2D eigenvalue weighted by molar-refractivity contribution is 7.99. The van der Waals surface area contributed by atoms with E-state index < -0.39 is 0 Å². The maximum Gasteiger partial charge on any atom is 0.233 e. The predicted octanol–water partition coefficient (Wildman–Crippen LogP) is 4.16. The topological polar surface area (TPSA) is 63.5 Å². The molecule has 0 spiro atoms. The van der Waals surface area contributed by atoms with Gasteiger partial charge in [-0.05, 0) is 43.5 Å². The molecule has 1 saturated heterocycles. The van der Waals surface area contributed by atoms with Gasteiger partial charge in [-0.1, -0.05) is 47.7 Å². The van der Waals surface area contributed by atoms with Gasteiger partial charge in [0.25, 0.3) is 0 Å². The number of thioether (sulfide) groups is 1. The molecular weight excluding hydrogens is 446 g/mol. The van der Waals surface area contributed by atoms with Crippen molar-refractivity contribution in [3.05, 3.63) is 59.7 Å². The molecule has 3 aromatic rings. The molecule has 2 heterocycles. The molecule has 7 nitrogen and oxygen atoms in total. The van der Waals surface area contributed by atoms with E-state index in [2.05, 4.69) is 58.4 Å². The zero-order valence-corrected chi connectivity index (χ0v) is 21.2. The number of carbonyl (C=O) groups is 1. The first-order chi connectivity index (χ1) is 16.4. The first-order valence-corrected chi connectivity index (χ1v) is 12.6. The number of rotatable bonds is 9. The van der Waals surface area contributed by atoms with E-state index in [0.29, 0.717) is 18.8 Å². The molecule has 34 heavy (non-hydrogen) atoms. The number of carbonyl (C=O) groups excluding carboxylic acids is 1. The highest BCUT2D eigenvalue weighted by Crippen LogP contribution is 2.24. The van der Waals surface area contributed by atoms with Gasteiger partial charge >= 0.3 is 0 Å². The van der Waals surface area contributed by atoms with E-state index in [1.54, 1.807) is 0 Å². The van der Waals surface area contributed by atoms with Crippen molar-refractivity contribution in [3.63, 3.8) is 0 Å². The van der Waals surface area contributed by atoms with Crippen molar-refractivity contribution >= 4 is 23.4 Å². The fourth-order valence-electron chi connectivity index (χ4n) is 4.10. The van der Waals surface area contributed by atoms with Crippen LogP contribution < -0.4 is 4.90 Å². The van der Waals surface area contributed by atoms with Crippen molar-refractivity contribution in [1.82, 2.24) is 19.7 Å². The minimum absolute atomic E-state index is 0.0808. The van der Waals surface area contributed by atoms with E-state index in [0.717, 1.165) is 47.2 Å². The Hall–Kier alpha value is -2.84. The number of aryl methyl sites for hydroxylation is 1. The predicted molar refractivity (Wildman–Crippen MR) is 137 cm³/mol. The van der Waals surface area contributed by atoms with Gasteiger partial charge in [0, 0.05) is 52.1 Å². The summed E-state index contributed by atoms with van der Waals surface area (Å²) in [6.45, 7) is 4.02. The van der Waals surface area contributed by atoms with Crippen molar-refractivity contribution in [2.75, 3.05) is 37.9 Å². The Morgan fingerprint density at radius 1 is 1.18 bits per heavy atom. The Morgan fingerprint density at radius 2 is 1.97 bits per heavy atom. The molecular formula is C26H33N5O2S. The normalized spacial score (nSPS) is 15.5. The van der Waals surface area contributed by atoms with Gasteiger partial charge in [-0.3, -0.25) is 4.79 Å². The fraction of sp³-hybridized carbons (Fsp3) is 0.423. The molecule has 1 aromatic heterocycles. The molecule has 0 aliphatic carbocycles. The first-order valence-electron chi connectivity index (χ1n) is 11.7. The van der Waals surface area contributed by atoms with Crippen LogP contribution in [0.1, 0.15) is 24.0 Å². The van der Waals surface area contributed by atoms with Crippen molar-refractivity contribution in [1.29, 1.82) is 0 Å². The molecule has 8 heteroatoms. The molecule has 0 bridgehead atoms. The van der Waals surface area contributed by atoms with E-state index >= 15 is 0 Å². The molecule has 1 atom stereocenters. The maximum absolute atomic E-state index is 13.3. The Kier molecular flexibility index (Phi) is 7.90. The Balaban J connectivity index is 1.44. The van der Waals surface area contributed by atoms with E-state index in [1.807, 2.05) is 42.7 Å². The summed E-state index contributed by atoms with van der Waals surface area (Å²) in [4.78, 5) is 17.3. The van der Waals surface area contributed by atoms with Gasteiger partial charge in [-0.2, -0.15) is 0 Å². The number of hydrogen-bond donors (Lipinski definition) is 0. The average Bonchev–Trinajstić information content (AvgIpc) is 3.47. The molecule has 1 amide bonds. The first kappa shape index (κ1) is 24.3. The van der Waals surface area contributed by atoms with Crippen molar-refractivity contribution in [2.24, 2.45) is 7.05 Å². The number of hydrogen-bond acceptors (Lipinski definition) is 6. The SMILES string of the molecule is Cc1cccc(-c2nnc(SCC(=O)N(Cc3ccc(N(C)C)cc3)C[C@@H]3CCCO3)n2C)c1. The van der Waals surface area contributed by atoms with Crippen LogP contribution in [0.4, 0.5) is 5.69 Å². The Morgan fingerprint density at radius 3 is 2.65 bits per heavy atom.